The molecule has 0 bridgehead atoms. The van der Waals surface area contributed by atoms with Crippen molar-refractivity contribution in [2.24, 2.45) is 0 Å². The molecular formula is C28H38Cl2N2O4. The van der Waals surface area contributed by atoms with Crippen molar-refractivity contribution in [3.05, 3.63) is 57.6 Å². The first-order chi connectivity index (χ1) is 17.3. The van der Waals surface area contributed by atoms with Gasteiger partial charge in [0.05, 0.1) is 23.3 Å². The highest BCUT2D eigenvalue weighted by Gasteiger charge is 2.28. The first kappa shape index (κ1) is 29.8. The van der Waals surface area contributed by atoms with E-state index in [-0.39, 0.29) is 24.8 Å². The molecule has 1 unspecified atom stereocenters. The van der Waals surface area contributed by atoms with E-state index in [2.05, 4.69) is 12.2 Å². The molecule has 6 nitrogen and oxygen atoms in total. The van der Waals surface area contributed by atoms with Crippen LogP contribution in [0.4, 0.5) is 0 Å². The zero-order valence-corrected chi connectivity index (χ0v) is 23.3. The average molecular weight is 538 g/mol. The number of carbonyl (C=O) groups excluding carboxylic acids is 2. The summed E-state index contributed by atoms with van der Waals surface area (Å²) >= 11 is 12.3. The Labute approximate surface area is 225 Å². The molecule has 2 amide bonds. The highest BCUT2D eigenvalue weighted by Crippen LogP contribution is 2.29. The van der Waals surface area contributed by atoms with E-state index in [0.29, 0.717) is 54.1 Å². The minimum absolute atomic E-state index is 0.106. The summed E-state index contributed by atoms with van der Waals surface area (Å²) in [4.78, 5) is 28.2. The summed E-state index contributed by atoms with van der Waals surface area (Å²) in [5, 5.41) is 3.84. The summed E-state index contributed by atoms with van der Waals surface area (Å²) in [6.07, 6.45) is 3.14. The molecule has 0 spiro atoms. The van der Waals surface area contributed by atoms with Crippen LogP contribution in [0.2, 0.25) is 10.0 Å². The second-order valence-electron chi connectivity index (χ2n) is 8.49. The number of unbranched alkanes of at least 4 members (excludes halogenated alkanes) is 1. The third kappa shape index (κ3) is 8.90. The molecule has 1 N–H and O–H groups in total. The Morgan fingerprint density at radius 1 is 0.917 bits per heavy atom. The second-order valence-corrected chi connectivity index (χ2v) is 9.30. The van der Waals surface area contributed by atoms with Crippen LogP contribution < -0.4 is 14.8 Å². The predicted molar refractivity (Wildman–Crippen MR) is 146 cm³/mol. The first-order valence-corrected chi connectivity index (χ1v) is 13.5. The summed E-state index contributed by atoms with van der Waals surface area (Å²) in [7, 11) is 0. The molecule has 198 valence electrons. The number of benzene rings is 2. The van der Waals surface area contributed by atoms with Crippen molar-refractivity contribution in [2.45, 2.75) is 72.4 Å². The molecule has 2 aromatic rings. The van der Waals surface area contributed by atoms with Gasteiger partial charge in [0, 0.05) is 19.5 Å². The Bertz CT molecular complexity index is 1000. The van der Waals surface area contributed by atoms with E-state index in [1.807, 2.05) is 45.0 Å². The molecule has 1 atom stereocenters. The minimum Gasteiger partial charge on any atom is -0.490 e. The van der Waals surface area contributed by atoms with Crippen LogP contribution in [0.1, 0.15) is 64.5 Å². The van der Waals surface area contributed by atoms with Gasteiger partial charge in [0.1, 0.15) is 6.04 Å². The maximum Gasteiger partial charge on any atom is 0.242 e. The predicted octanol–water partition coefficient (Wildman–Crippen LogP) is 6.45. The van der Waals surface area contributed by atoms with Crippen LogP contribution in [0.25, 0.3) is 0 Å². The summed E-state index contributed by atoms with van der Waals surface area (Å²) in [6.45, 7) is 9.75. The molecule has 0 aliphatic heterocycles. The Hall–Kier alpha value is -2.44. The monoisotopic (exact) mass is 536 g/mol. The lowest BCUT2D eigenvalue weighted by molar-refractivity contribution is -0.141. The summed E-state index contributed by atoms with van der Waals surface area (Å²) in [6, 6.07) is 10.4. The summed E-state index contributed by atoms with van der Waals surface area (Å²) in [5.41, 5.74) is 1.78. The van der Waals surface area contributed by atoms with Gasteiger partial charge in [-0.15, -0.1) is 0 Å². The van der Waals surface area contributed by atoms with E-state index in [0.717, 1.165) is 24.0 Å². The third-order valence-electron chi connectivity index (χ3n) is 5.79. The molecule has 2 rings (SSSR count). The third-order valence-corrected chi connectivity index (χ3v) is 6.53. The number of hydrogen-bond donors (Lipinski definition) is 1. The Morgan fingerprint density at radius 3 is 2.25 bits per heavy atom. The fourth-order valence-corrected chi connectivity index (χ4v) is 4.23. The van der Waals surface area contributed by atoms with Gasteiger partial charge < -0.3 is 19.7 Å². The van der Waals surface area contributed by atoms with E-state index in [1.165, 1.54) is 0 Å². The Balaban J connectivity index is 2.23. The number of carbonyl (C=O) groups is 2. The van der Waals surface area contributed by atoms with E-state index in [4.69, 9.17) is 32.7 Å². The molecule has 2 aromatic carbocycles. The molecule has 0 heterocycles. The molecule has 8 heteroatoms. The van der Waals surface area contributed by atoms with Crippen molar-refractivity contribution >= 4 is 35.0 Å². The maximum atomic E-state index is 13.5. The van der Waals surface area contributed by atoms with Crippen LogP contribution in [-0.4, -0.2) is 42.5 Å². The standard InChI is InChI=1S/C28H38Cl2N2O4/c1-5-9-16-31-28(34)24(6-2)32(19-21-10-13-22(29)23(30)17-21)27(33)15-12-20-11-14-25(35-7-3)26(18-20)36-8-4/h10-11,13-14,17-18,24H,5-9,12,15-16,19H2,1-4H3,(H,31,34). The fraction of sp³-hybridized carbons (Fsp3) is 0.500. The molecule has 0 saturated carbocycles. The minimum atomic E-state index is -0.580. The molecule has 0 aromatic heterocycles. The Morgan fingerprint density at radius 2 is 1.61 bits per heavy atom. The normalized spacial score (nSPS) is 11.6. The van der Waals surface area contributed by atoms with Crippen LogP contribution in [0.15, 0.2) is 36.4 Å². The number of rotatable bonds is 15. The lowest BCUT2D eigenvalue weighted by atomic mass is 10.1. The van der Waals surface area contributed by atoms with E-state index >= 15 is 0 Å². The van der Waals surface area contributed by atoms with Crippen LogP contribution >= 0.6 is 23.2 Å². The van der Waals surface area contributed by atoms with Crippen LogP contribution in [-0.2, 0) is 22.6 Å². The van der Waals surface area contributed by atoms with Gasteiger partial charge >= 0.3 is 0 Å². The SMILES string of the molecule is CCCCNC(=O)C(CC)N(Cc1ccc(Cl)c(Cl)c1)C(=O)CCc1ccc(OCC)c(OCC)c1. The van der Waals surface area contributed by atoms with Gasteiger partial charge in [0.25, 0.3) is 0 Å². The lowest BCUT2D eigenvalue weighted by Crippen LogP contribution is -2.49. The van der Waals surface area contributed by atoms with Gasteiger partial charge in [0.2, 0.25) is 11.8 Å². The zero-order chi connectivity index (χ0) is 26.5. The van der Waals surface area contributed by atoms with Gasteiger partial charge in [0.15, 0.2) is 11.5 Å². The van der Waals surface area contributed by atoms with E-state index < -0.39 is 6.04 Å². The van der Waals surface area contributed by atoms with Gasteiger partial charge in [-0.3, -0.25) is 9.59 Å². The number of halogens is 2. The topological polar surface area (TPSA) is 67.9 Å². The molecule has 0 aliphatic rings. The molecule has 0 radical (unpaired) electrons. The molecule has 0 saturated heterocycles. The van der Waals surface area contributed by atoms with Crippen molar-refractivity contribution in [3.63, 3.8) is 0 Å². The molecule has 0 aliphatic carbocycles. The average Bonchev–Trinajstić information content (AvgIpc) is 2.86. The fourth-order valence-electron chi connectivity index (χ4n) is 3.91. The van der Waals surface area contributed by atoms with Crippen molar-refractivity contribution in [1.82, 2.24) is 10.2 Å². The number of nitrogens with zero attached hydrogens (tertiary/aromatic N) is 1. The Kier molecular flexibility index (Phi) is 12.9. The quantitative estimate of drug-likeness (QED) is 0.265. The number of aryl methyl sites for hydroxylation is 1. The van der Waals surface area contributed by atoms with Crippen molar-refractivity contribution in [2.75, 3.05) is 19.8 Å². The van der Waals surface area contributed by atoms with Crippen LogP contribution in [0.3, 0.4) is 0 Å². The number of hydrogen-bond acceptors (Lipinski definition) is 4. The van der Waals surface area contributed by atoms with Gasteiger partial charge in [-0.05, 0) is 68.5 Å². The van der Waals surface area contributed by atoms with E-state index in [1.54, 1.807) is 17.0 Å². The van der Waals surface area contributed by atoms with Gasteiger partial charge in [-0.25, -0.2) is 0 Å². The first-order valence-electron chi connectivity index (χ1n) is 12.7. The van der Waals surface area contributed by atoms with Gasteiger partial charge in [-0.2, -0.15) is 0 Å². The number of ether oxygens (including phenoxy) is 2. The van der Waals surface area contributed by atoms with Crippen molar-refractivity contribution in [1.29, 1.82) is 0 Å². The number of nitrogens with one attached hydrogen (secondary N) is 1. The van der Waals surface area contributed by atoms with Gasteiger partial charge in [-0.1, -0.05) is 55.6 Å². The highest BCUT2D eigenvalue weighted by atomic mass is 35.5. The largest absolute Gasteiger partial charge is 0.490 e. The number of amides is 2. The van der Waals surface area contributed by atoms with Crippen molar-refractivity contribution in [3.8, 4) is 11.5 Å². The lowest BCUT2D eigenvalue weighted by Gasteiger charge is -2.31. The molecule has 0 fully saturated rings. The van der Waals surface area contributed by atoms with Crippen LogP contribution in [0, 0.1) is 0 Å². The maximum absolute atomic E-state index is 13.5. The smallest absolute Gasteiger partial charge is 0.242 e. The molecular weight excluding hydrogens is 499 g/mol. The zero-order valence-electron chi connectivity index (χ0n) is 21.7. The summed E-state index contributed by atoms with van der Waals surface area (Å²) in [5.74, 6) is 1.11. The van der Waals surface area contributed by atoms with E-state index in [9.17, 15) is 9.59 Å². The van der Waals surface area contributed by atoms with Crippen molar-refractivity contribution < 1.29 is 19.1 Å². The summed E-state index contributed by atoms with van der Waals surface area (Å²) < 4.78 is 11.4. The highest BCUT2D eigenvalue weighted by molar-refractivity contribution is 6.42. The van der Waals surface area contributed by atoms with Crippen LogP contribution in [0.5, 0.6) is 11.5 Å². The molecule has 36 heavy (non-hydrogen) atoms. The second kappa shape index (κ2) is 15.6.